The average molecular weight is 256 g/mol. The van der Waals surface area contributed by atoms with Gasteiger partial charge in [-0.1, -0.05) is 18.2 Å². The third kappa shape index (κ3) is 4.07. The van der Waals surface area contributed by atoms with Gasteiger partial charge in [-0.2, -0.15) is 0 Å². The number of hydrogen-bond donors (Lipinski definition) is 1. The van der Waals surface area contributed by atoms with Crippen LogP contribution in [0.1, 0.15) is 31.1 Å². The minimum Gasteiger partial charge on any atom is -0.491 e. The summed E-state index contributed by atoms with van der Waals surface area (Å²) in [5, 5.41) is 0. The molecule has 0 saturated heterocycles. The molecular formula is C16H20N2O. The molecule has 1 heterocycles. The molecule has 0 radical (unpaired) electrons. The zero-order chi connectivity index (χ0) is 13.7. The summed E-state index contributed by atoms with van der Waals surface area (Å²) in [6, 6.07) is 13.8. The molecule has 0 aliphatic rings. The van der Waals surface area contributed by atoms with Crippen molar-refractivity contribution in [3.63, 3.8) is 0 Å². The van der Waals surface area contributed by atoms with Crippen LogP contribution in [0, 0.1) is 0 Å². The number of rotatable bonds is 5. The second-order valence-electron chi connectivity index (χ2n) is 4.87. The summed E-state index contributed by atoms with van der Waals surface area (Å²) in [6.45, 7) is 4.03. The molecule has 2 aromatic rings. The molecule has 3 heteroatoms. The van der Waals surface area contributed by atoms with Crippen molar-refractivity contribution < 1.29 is 4.74 Å². The maximum Gasteiger partial charge on any atom is 0.119 e. The molecule has 0 fully saturated rings. The molecule has 0 saturated carbocycles. The predicted molar refractivity (Wildman–Crippen MR) is 77.1 cm³/mol. The van der Waals surface area contributed by atoms with E-state index in [-0.39, 0.29) is 12.1 Å². The van der Waals surface area contributed by atoms with Gasteiger partial charge in [-0.25, -0.2) is 0 Å². The van der Waals surface area contributed by atoms with Crippen LogP contribution in [-0.4, -0.2) is 11.1 Å². The lowest BCUT2D eigenvalue weighted by molar-refractivity contribution is 0.242. The van der Waals surface area contributed by atoms with Crippen LogP contribution < -0.4 is 10.5 Å². The minimum absolute atomic E-state index is 0.0389. The molecule has 3 nitrogen and oxygen atoms in total. The Morgan fingerprint density at radius 3 is 2.42 bits per heavy atom. The fraction of sp³-hybridized carbons (Fsp3) is 0.312. The van der Waals surface area contributed by atoms with Crippen molar-refractivity contribution in [2.45, 2.75) is 32.4 Å². The van der Waals surface area contributed by atoms with Crippen molar-refractivity contribution in [2.75, 3.05) is 0 Å². The van der Waals surface area contributed by atoms with Crippen molar-refractivity contribution in [3.05, 3.63) is 59.9 Å². The van der Waals surface area contributed by atoms with E-state index in [4.69, 9.17) is 10.5 Å². The van der Waals surface area contributed by atoms with E-state index < -0.39 is 0 Å². The smallest absolute Gasteiger partial charge is 0.119 e. The first-order valence-electron chi connectivity index (χ1n) is 6.57. The third-order valence-corrected chi connectivity index (χ3v) is 2.84. The minimum atomic E-state index is -0.0389. The molecule has 0 bridgehead atoms. The zero-order valence-corrected chi connectivity index (χ0v) is 11.4. The molecule has 2 rings (SSSR count). The van der Waals surface area contributed by atoms with Gasteiger partial charge in [0.2, 0.25) is 0 Å². The van der Waals surface area contributed by atoms with E-state index in [1.54, 1.807) is 6.20 Å². The lowest BCUT2D eigenvalue weighted by Crippen LogP contribution is -2.14. The standard InChI is InChI=1S/C16H20N2O/c1-12(2)19-15-8-6-13(7-9-15)16(17)11-14-5-3-4-10-18-14/h3-10,12,16H,11,17H2,1-2H3. The van der Waals surface area contributed by atoms with E-state index in [1.165, 1.54) is 0 Å². The Labute approximate surface area is 114 Å². The Hall–Kier alpha value is -1.87. The van der Waals surface area contributed by atoms with Gasteiger partial charge in [-0.05, 0) is 43.7 Å². The van der Waals surface area contributed by atoms with Crippen LogP contribution >= 0.6 is 0 Å². The number of nitrogens with two attached hydrogens (primary N) is 1. The van der Waals surface area contributed by atoms with Gasteiger partial charge in [0.25, 0.3) is 0 Å². The number of benzene rings is 1. The van der Waals surface area contributed by atoms with Crippen molar-refractivity contribution in [2.24, 2.45) is 5.73 Å². The molecule has 1 unspecified atom stereocenters. The van der Waals surface area contributed by atoms with E-state index in [1.807, 2.05) is 56.3 Å². The highest BCUT2D eigenvalue weighted by molar-refractivity contribution is 5.29. The summed E-state index contributed by atoms with van der Waals surface area (Å²) in [6.07, 6.45) is 2.72. The lowest BCUT2D eigenvalue weighted by Gasteiger charge is -2.14. The van der Waals surface area contributed by atoms with Crippen LogP contribution in [0.25, 0.3) is 0 Å². The van der Waals surface area contributed by atoms with Gasteiger partial charge in [0.05, 0.1) is 6.10 Å². The molecule has 1 atom stereocenters. The van der Waals surface area contributed by atoms with E-state index in [0.717, 1.165) is 23.4 Å². The number of ether oxygens (including phenoxy) is 1. The largest absolute Gasteiger partial charge is 0.491 e. The molecule has 1 aromatic heterocycles. The van der Waals surface area contributed by atoms with Gasteiger partial charge < -0.3 is 10.5 Å². The highest BCUT2D eigenvalue weighted by Crippen LogP contribution is 2.19. The highest BCUT2D eigenvalue weighted by atomic mass is 16.5. The summed E-state index contributed by atoms with van der Waals surface area (Å²) in [4.78, 5) is 4.30. The molecule has 2 N–H and O–H groups in total. The first-order chi connectivity index (χ1) is 9.15. The molecule has 0 amide bonds. The molecule has 0 spiro atoms. The van der Waals surface area contributed by atoms with E-state index in [2.05, 4.69) is 4.98 Å². The SMILES string of the molecule is CC(C)Oc1ccc(C(N)Cc2ccccn2)cc1. The van der Waals surface area contributed by atoms with Crippen molar-refractivity contribution in [1.29, 1.82) is 0 Å². The van der Waals surface area contributed by atoms with E-state index >= 15 is 0 Å². The average Bonchev–Trinajstić information content (AvgIpc) is 2.40. The molecule has 0 aliphatic carbocycles. The Morgan fingerprint density at radius 1 is 1.11 bits per heavy atom. The van der Waals surface area contributed by atoms with Crippen molar-refractivity contribution in [3.8, 4) is 5.75 Å². The first-order valence-corrected chi connectivity index (χ1v) is 6.57. The van der Waals surface area contributed by atoms with Gasteiger partial charge in [0, 0.05) is 24.4 Å². The topological polar surface area (TPSA) is 48.1 Å². The molecule has 100 valence electrons. The Kier molecular flexibility index (Phi) is 4.53. The Bertz CT molecular complexity index is 494. The molecule has 19 heavy (non-hydrogen) atoms. The maximum absolute atomic E-state index is 6.20. The van der Waals surface area contributed by atoms with Gasteiger partial charge in [-0.15, -0.1) is 0 Å². The van der Waals surface area contributed by atoms with Gasteiger partial charge >= 0.3 is 0 Å². The molecular weight excluding hydrogens is 236 g/mol. The van der Waals surface area contributed by atoms with Crippen LogP contribution in [0.3, 0.4) is 0 Å². The van der Waals surface area contributed by atoms with E-state index in [9.17, 15) is 0 Å². The van der Waals surface area contributed by atoms with Crippen LogP contribution in [0.15, 0.2) is 48.7 Å². The molecule has 1 aromatic carbocycles. The van der Waals surface area contributed by atoms with Gasteiger partial charge in [0.1, 0.15) is 5.75 Å². The Morgan fingerprint density at radius 2 is 1.84 bits per heavy atom. The normalized spacial score (nSPS) is 12.4. The quantitative estimate of drug-likeness (QED) is 0.894. The van der Waals surface area contributed by atoms with Crippen LogP contribution in [-0.2, 0) is 6.42 Å². The van der Waals surface area contributed by atoms with Crippen LogP contribution in [0.2, 0.25) is 0 Å². The lowest BCUT2D eigenvalue weighted by atomic mass is 10.0. The first kappa shape index (κ1) is 13.6. The predicted octanol–water partition coefficient (Wildman–Crippen LogP) is 3.11. The Balaban J connectivity index is 2.01. The number of pyridine rings is 1. The van der Waals surface area contributed by atoms with Crippen molar-refractivity contribution in [1.82, 2.24) is 4.98 Å². The molecule has 0 aliphatic heterocycles. The summed E-state index contributed by atoms with van der Waals surface area (Å²) in [5.41, 5.74) is 8.31. The summed E-state index contributed by atoms with van der Waals surface area (Å²) < 4.78 is 5.61. The highest BCUT2D eigenvalue weighted by Gasteiger charge is 2.08. The second-order valence-corrected chi connectivity index (χ2v) is 4.87. The van der Waals surface area contributed by atoms with Gasteiger partial charge in [-0.3, -0.25) is 4.98 Å². The second kappa shape index (κ2) is 6.34. The third-order valence-electron chi connectivity index (χ3n) is 2.84. The van der Waals surface area contributed by atoms with Crippen LogP contribution in [0.4, 0.5) is 0 Å². The number of hydrogen-bond acceptors (Lipinski definition) is 3. The van der Waals surface area contributed by atoms with Crippen molar-refractivity contribution >= 4 is 0 Å². The van der Waals surface area contributed by atoms with Gasteiger partial charge in [0.15, 0.2) is 0 Å². The summed E-state index contributed by atoms with van der Waals surface area (Å²) in [5.74, 6) is 0.879. The maximum atomic E-state index is 6.20. The van der Waals surface area contributed by atoms with E-state index in [0.29, 0.717) is 0 Å². The summed E-state index contributed by atoms with van der Waals surface area (Å²) >= 11 is 0. The van der Waals surface area contributed by atoms with Crippen LogP contribution in [0.5, 0.6) is 5.75 Å². The fourth-order valence-electron chi connectivity index (χ4n) is 1.93. The monoisotopic (exact) mass is 256 g/mol. The zero-order valence-electron chi connectivity index (χ0n) is 11.4. The summed E-state index contributed by atoms with van der Waals surface area (Å²) in [7, 11) is 0. The fourth-order valence-corrected chi connectivity index (χ4v) is 1.93. The number of aromatic nitrogens is 1. The number of nitrogens with zero attached hydrogens (tertiary/aromatic N) is 1.